The summed E-state index contributed by atoms with van der Waals surface area (Å²) in [6.45, 7) is 10.5. The van der Waals surface area contributed by atoms with E-state index >= 15 is 0 Å². The predicted molar refractivity (Wildman–Crippen MR) is 139 cm³/mol. The fraction of sp³-hybridized carbons (Fsp3) is 0.417. The summed E-state index contributed by atoms with van der Waals surface area (Å²) < 4.78 is 52.2. The Morgan fingerprint density at radius 3 is 2.36 bits per heavy atom. The molecule has 0 radical (unpaired) electrons. The quantitative estimate of drug-likeness (QED) is 0.334. The average Bonchev–Trinajstić information content (AvgIpc) is 3.13. The van der Waals surface area contributed by atoms with Gasteiger partial charge in [0.05, 0.1) is 38.2 Å². The maximum atomic E-state index is 13.5. The molecule has 1 aromatic carbocycles. The number of rotatable bonds is 8. The Morgan fingerprint density at radius 2 is 1.83 bits per heavy atom. The monoisotopic (exact) mass is 537 g/mol. The van der Waals surface area contributed by atoms with Crippen LogP contribution in [0.25, 0.3) is 16.8 Å². The van der Waals surface area contributed by atoms with Gasteiger partial charge in [0.2, 0.25) is 10.0 Å². The Hall–Kier alpha value is -2.96. The third-order valence-corrected chi connectivity index (χ3v) is 12.2. The zero-order valence-electron chi connectivity index (χ0n) is 21.5. The van der Waals surface area contributed by atoms with E-state index in [2.05, 4.69) is 39.0 Å². The minimum atomic E-state index is -3.81. The van der Waals surface area contributed by atoms with Crippen LogP contribution in [-0.4, -0.2) is 63.9 Å². The van der Waals surface area contributed by atoms with Crippen LogP contribution in [0.2, 0.25) is 18.1 Å². The molecule has 0 aliphatic carbocycles. The number of benzene rings is 1. The standard InChI is InChI=1S/C24H32FN3O6SSi/c1-24(2,3)36(6,7)34-13-12-28(35(5,31)32)19-15-27-18(14-20(19)29)21(23(30)33-4)22(26-27)16-8-10-17(25)11-9-16/h8-11,14-15,29H,12-13H2,1-7H3. The van der Waals surface area contributed by atoms with Crippen molar-refractivity contribution in [3.8, 4) is 17.0 Å². The molecular weight excluding hydrogens is 505 g/mol. The molecule has 3 rings (SSSR count). The molecule has 0 saturated heterocycles. The first-order valence-electron chi connectivity index (χ1n) is 11.3. The summed E-state index contributed by atoms with van der Waals surface area (Å²) in [5.74, 6) is -1.53. The number of anilines is 1. The van der Waals surface area contributed by atoms with Gasteiger partial charge < -0.3 is 14.3 Å². The molecule has 2 aromatic heterocycles. The first kappa shape index (κ1) is 27.6. The van der Waals surface area contributed by atoms with Crippen LogP contribution in [0, 0.1) is 5.82 Å². The van der Waals surface area contributed by atoms with Gasteiger partial charge in [-0.25, -0.2) is 22.1 Å². The number of sulfonamides is 1. The van der Waals surface area contributed by atoms with Crippen LogP contribution in [0.4, 0.5) is 10.1 Å². The highest BCUT2D eigenvalue weighted by molar-refractivity contribution is 7.92. The van der Waals surface area contributed by atoms with Crippen LogP contribution in [0.15, 0.2) is 36.5 Å². The first-order chi connectivity index (χ1) is 16.6. The number of carbonyl (C=O) groups excluding carboxylic acids is 1. The second kappa shape index (κ2) is 9.83. The minimum absolute atomic E-state index is 0.0200. The third-order valence-electron chi connectivity index (χ3n) is 6.47. The summed E-state index contributed by atoms with van der Waals surface area (Å²) >= 11 is 0. The summed E-state index contributed by atoms with van der Waals surface area (Å²) in [4.78, 5) is 12.6. The van der Waals surface area contributed by atoms with Crippen molar-refractivity contribution >= 4 is 35.5 Å². The van der Waals surface area contributed by atoms with Gasteiger partial charge in [0, 0.05) is 11.6 Å². The highest BCUT2D eigenvalue weighted by Crippen LogP contribution is 2.37. The molecule has 36 heavy (non-hydrogen) atoms. The third kappa shape index (κ3) is 5.55. The highest BCUT2D eigenvalue weighted by Gasteiger charge is 2.37. The number of carbonyl (C=O) groups is 1. The van der Waals surface area contributed by atoms with Crippen molar-refractivity contribution < 1.29 is 31.9 Å². The average molecular weight is 538 g/mol. The van der Waals surface area contributed by atoms with Crippen LogP contribution < -0.4 is 4.31 Å². The van der Waals surface area contributed by atoms with Crippen molar-refractivity contribution in [1.82, 2.24) is 9.61 Å². The number of aromatic hydroxyl groups is 1. The van der Waals surface area contributed by atoms with Gasteiger partial charge in [0.25, 0.3) is 0 Å². The Kier molecular flexibility index (Phi) is 7.54. The van der Waals surface area contributed by atoms with E-state index in [0.29, 0.717) is 5.56 Å². The zero-order chi connectivity index (χ0) is 27.1. The summed E-state index contributed by atoms with van der Waals surface area (Å²) in [7, 11) is -4.73. The number of ether oxygens (including phenoxy) is 1. The molecule has 0 fully saturated rings. The van der Waals surface area contributed by atoms with E-state index in [1.54, 1.807) is 0 Å². The van der Waals surface area contributed by atoms with E-state index in [1.165, 1.54) is 48.2 Å². The van der Waals surface area contributed by atoms with Crippen molar-refractivity contribution in [3.05, 3.63) is 47.9 Å². The maximum absolute atomic E-state index is 13.5. The van der Waals surface area contributed by atoms with E-state index < -0.39 is 30.1 Å². The van der Waals surface area contributed by atoms with Gasteiger partial charge >= 0.3 is 5.97 Å². The Morgan fingerprint density at radius 1 is 1.22 bits per heavy atom. The largest absolute Gasteiger partial charge is 0.506 e. The molecule has 0 aliphatic rings. The molecule has 2 heterocycles. The molecule has 0 spiro atoms. The molecular formula is C24H32FN3O6SSi. The molecule has 1 N–H and O–H groups in total. The number of pyridine rings is 1. The molecule has 3 aromatic rings. The van der Waals surface area contributed by atoms with E-state index in [9.17, 15) is 22.7 Å². The van der Waals surface area contributed by atoms with Crippen LogP contribution in [0.1, 0.15) is 31.1 Å². The Bertz CT molecular complexity index is 1380. The molecule has 0 atom stereocenters. The molecule has 0 unspecified atom stereocenters. The molecule has 9 nitrogen and oxygen atoms in total. The lowest BCUT2D eigenvalue weighted by Crippen LogP contribution is -2.43. The van der Waals surface area contributed by atoms with Crippen molar-refractivity contribution in [2.24, 2.45) is 0 Å². The van der Waals surface area contributed by atoms with Crippen molar-refractivity contribution in [2.45, 2.75) is 38.9 Å². The number of halogens is 1. The smallest absolute Gasteiger partial charge is 0.342 e. The number of methoxy groups -OCH3 is 1. The van der Waals surface area contributed by atoms with Gasteiger partial charge in [-0.1, -0.05) is 20.8 Å². The molecule has 196 valence electrons. The van der Waals surface area contributed by atoms with Gasteiger partial charge in [-0.15, -0.1) is 0 Å². The summed E-state index contributed by atoms with van der Waals surface area (Å²) in [6.07, 6.45) is 2.37. The van der Waals surface area contributed by atoms with Gasteiger partial charge in [0.1, 0.15) is 28.5 Å². The number of hydrogen-bond acceptors (Lipinski definition) is 7. The van der Waals surface area contributed by atoms with Gasteiger partial charge in [-0.05, 0) is 42.4 Å². The molecule has 0 aliphatic heterocycles. The van der Waals surface area contributed by atoms with E-state index in [-0.39, 0.29) is 46.4 Å². The van der Waals surface area contributed by atoms with Gasteiger partial charge in [-0.2, -0.15) is 5.10 Å². The lowest BCUT2D eigenvalue weighted by atomic mass is 10.1. The molecule has 0 saturated carbocycles. The van der Waals surface area contributed by atoms with Crippen molar-refractivity contribution in [1.29, 1.82) is 0 Å². The van der Waals surface area contributed by atoms with Gasteiger partial charge in [-0.3, -0.25) is 4.31 Å². The highest BCUT2D eigenvalue weighted by atomic mass is 32.2. The number of hydrogen-bond donors (Lipinski definition) is 1. The molecule has 0 amide bonds. The summed E-state index contributed by atoms with van der Waals surface area (Å²) in [6, 6.07) is 6.65. The first-order valence-corrected chi connectivity index (χ1v) is 16.0. The second-order valence-corrected chi connectivity index (χ2v) is 16.8. The molecule has 12 heteroatoms. The van der Waals surface area contributed by atoms with Crippen molar-refractivity contribution in [3.63, 3.8) is 0 Å². The number of fused-ring (bicyclic) bond motifs is 1. The summed E-state index contributed by atoms with van der Waals surface area (Å²) in [5, 5.41) is 15.2. The van der Waals surface area contributed by atoms with Crippen LogP contribution in [0.5, 0.6) is 5.75 Å². The topological polar surface area (TPSA) is 110 Å². The fourth-order valence-corrected chi connectivity index (χ4v) is 5.38. The summed E-state index contributed by atoms with van der Waals surface area (Å²) in [5.41, 5.74) is 0.884. The lowest BCUT2D eigenvalue weighted by Gasteiger charge is -2.36. The van der Waals surface area contributed by atoms with E-state index in [4.69, 9.17) is 9.16 Å². The minimum Gasteiger partial charge on any atom is -0.506 e. The van der Waals surface area contributed by atoms with Gasteiger partial charge in [0.15, 0.2) is 8.32 Å². The van der Waals surface area contributed by atoms with Crippen LogP contribution in [0.3, 0.4) is 0 Å². The molecule has 0 bridgehead atoms. The van der Waals surface area contributed by atoms with E-state index in [1.807, 2.05) is 0 Å². The zero-order valence-corrected chi connectivity index (χ0v) is 23.3. The number of esters is 1. The normalized spacial score (nSPS) is 12.7. The lowest BCUT2D eigenvalue weighted by molar-refractivity contribution is 0.0603. The van der Waals surface area contributed by atoms with Crippen LogP contribution in [-0.2, 0) is 19.2 Å². The Labute approximate surface area is 211 Å². The predicted octanol–water partition coefficient (Wildman–Crippen LogP) is 4.42. The Balaban J connectivity index is 2.09. The van der Waals surface area contributed by atoms with E-state index in [0.717, 1.165) is 10.6 Å². The fourth-order valence-electron chi connectivity index (χ4n) is 3.44. The second-order valence-electron chi connectivity index (χ2n) is 10.0. The van der Waals surface area contributed by atoms with Crippen LogP contribution >= 0.6 is 0 Å². The van der Waals surface area contributed by atoms with Crippen molar-refractivity contribution in [2.75, 3.05) is 30.8 Å². The maximum Gasteiger partial charge on any atom is 0.342 e. The SMILES string of the molecule is COC(=O)c1c(-c2ccc(F)cc2)nn2cc(N(CCO[Si](C)(C)C(C)(C)C)S(C)(=O)=O)c(O)cc12. The number of aromatic nitrogens is 2. The number of nitrogens with zero attached hydrogens (tertiary/aromatic N) is 3.